The first-order valence-electron chi connectivity index (χ1n) is 13.9. The van der Waals surface area contributed by atoms with Crippen LogP contribution in [0.2, 0.25) is 0 Å². The molecule has 0 radical (unpaired) electrons. The number of hydrogen-bond acceptors (Lipinski definition) is 11. The van der Waals surface area contributed by atoms with Crippen molar-refractivity contribution >= 4 is 0 Å². The molecule has 15 nitrogen and oxygen atoms in total. The number of azide groups is 2. The van der Waals surface area contributed by atoms with Crippen molar-refractivity contribution in [1.82, 2.24) is 0 Å². The molecule has 0 unspecified atom stereocenters. The predicted octanol–water partition coefficient (Wildman–Crippen LogP) is 3.95. The SMILES string of the molecule is COc1ccc(COCCOCC(C)(COCCOCCOCCN=[N+]=[N-])COCCOCCOCCN=[N+]=[N-])cc1. The Morgan fingerprint density at radius 3 is 1.36 bits per heavy atom. The van der Waals surface area contributed by atoms with Gasteiger partial charge in [-0.1, -0.05) is 29.3 Å². The van der Waals surface area contributed by atoms with Crippen molar-refractivity contribution in [1.29, 1.82) is 0 Å². The lowest BCUT2D eigenvalue weighted by atomic mass is 9.94. The average molecular weight is 599 g/mol. The Morgan fingerprint density at radius 1 is 0.571 bits per heavy atom. The number of hydrogen-bond donors (Lipinski definition) is 0. The lowest BCUT2D eigenvalue weighted by Crippen LogP contribution is -2.35. The van der Waals surface area contributed by atoms with Gasteiger partial charge in [0.15, 0.2) is 0 Å². The van der Waals surface area contributed by atoms with E-state index in [0.29, 0.717) is 119 Å². The maximum atomic E-state index is 8.23. The number of ether oxygens (including phenoxy) is 9. The van der Waals surface area contributed by atoms with Crippen molar-refractivity contribution in [3.63, 3.8) is 0 Å². The van der Waals surface area contributed by atoms with Gasteiger partial charge in [-0.05, 0) is 28.8 Å². The van der Waals surface area contributed by atoms with E-state index in [0.717, 1.165) is 11.3 Å². The summed E-state index contributed by atoms with van der Waals surface area (Å²) >= 11 is 0. The van der Waals surface area contributed by atoms with E-state index in [9.17, 15) is 0 Å². The Bertz CT molecular complexity index is 830. The van der Waals surface area contributed by atoms with E-state index in [-0.39, 0.29) is 5.41 Å². The van der Waals surface area contributed by atoms with E-state index in [1.165, 1.54) is 0 Å². The van der Waals surface area contributed by atoms with Gasteiger partial charge in [0.25, 0.3) is 0 Å². The topological polar surface area (TPSA) is 181 Å². The third-order valence-corrected chi connectivity index (χ3v) is 5.44. The van der Waals surface area contributed by atoms with Crippen LogP contribution >= 0.6 is 0 Å². The Hall–Kier alpha value is -2.68. The smallest absolute Gasteiger partial charge is 0.118 e. The van der Waals surface area contributed by atoms with Crippen molar-refractivity contribution in [2.75, 3.05) is 119 Å². The minimum absolute atomic E-state index is 0.303. The lowest BCUT2D eigenvalue weighted by Gasteiger charge is -2.29. The predicted molar refractivity (Wildman–Crippen MR) is 155 cm³/mol. The van der Waals surface area contributed by atoms with Crippen molar-refractivity contribution in [2.45, 2.75) is 13.5 Å². The van der Waals surface area contributed by atoms with Crippen molar-refractivity contribution in [3.05, 3.63) is 50.7 Å². The molecule has 15 heteroatoms. The highest BCUT2D eigenvalue weighted by atomic mass is 16.6. The van der Waals surface area contributed by atoms with E-state index in [1.54, 1.807) is 7.11 Å². The van der Waals surface area contributed by atoms with E-state index in [4.69, 9.17) is 53.7 Å². The minimum Gasteiger partial charge on any atom is -0.497 e. The molecule has 0 spiro atoms. The molecule has 0 bridgehead atoms. The molecule has 0 saturated heterocycles. The molecule has 0 heterocycles. The van der Waals surface area contributed by atoms with Crippen LogP contribution in [0.1, 0.15) is 12.5 Å². The minimum atomic E-state index is -0.384. The quantitative estimate of drug-likeness (QED) is 0.0548. The molecule has 0 fully saturated rings. The zero-order valence-corrected chi connectivity index (χ0v) is 24.9. The fourth-order valence-corrected chi connectivity index (χ4v) is 3.29. The molecule has 0 atom stereocenters. The molecule has 238 valence electrons. The Kier molecular flexibility index (Phi) is 24.2. The number of nitrogens with zero attached hydrogens (tertiary/aromatic N) is 6. The van der Waals surface area contributed by atoms with Gasteiger partial charge in [-0.3, -0.25) is 0 Å². The normalized spacial score (nSPS) is 12.3. The van der Waals surface area contributed by atoms with E-state index in [1.807, 2.05) is 31.2 Å². The first-order valence-corrected chi connectivity index (χ1v) is 13.9. The molecule has 1 rings (SSSR count). The third-order valence-electron chi connectivity index (χ3n) is 5.44. The molecule has 0 aliphatic rings. The average Bonchev–Trinajstić information content (AvgIpc) is 3.00. The second-order valence-electron chi connectivity index (χ2n) is 9.23. The summed E-state index contributed by atoms with van der Waals surface area (Å²) in [4.78, 5) is 5.34. The van der Waals surface area contributed by atoms with Gasteiger partial charge in [-0.15, -0.1) is 0 Å². The van der Waals surface area contributed by atoms with Crippen LogP contribution in [0.3, 0.4) is 0 Å². The van der Waals surface area contributed by atoms with Gasteiger partial charge in [0.05, 0.1) is 113 Å². The summed E-state index contributed by atoms with van der Waals surface area (Å²) in [6, 6.07) is 7.75. The highest BCUT2D eigenvalue weighted by Crippen LogP contribution is 2.18. The van der Waals surface area contributed by atoms with Crippen LogP contribution in [0.4, 0.5) is 0 Å². The summed E-state index contributed by atoms with van der Waals surface area (Å²) in [6.45, 7) is 9.45. The van der Waals surface area contributed by atoms with Crippen LogP contribution in [0.5, 0.6) is 5.75 Å². The molecular weight excluding hydrogens is 552 g/mol. The largest absolute Gasteiger partial charge is 0.497 e. The molecule has 0 aromatic heterocycles. The molecule has 0 N–H and O–H groups in total. The molecule has 0 amide bonds. The summed E-state index contributed by atoms with van der Waals surface area (Å²) in [6.07, 6.45) is 0. The zero-order valence-electron chi connectivity index (χ0n) is 24.9. The van der Waals surface area contributed by atoms with E-state index < -0.39 is 0 Å². The fourth-order valence-electron chi connectivity index (χ4n) is 3.29. The van der Waals surface area contributed by atoms with Gasteiger partial charge in [0, 0.05) is 28.3 Å². The first-order chi connectivity index (χ1) is 20.6. The fraction of sp³-hybridized carbons (Fsp3) is 0.778. The van der Waals surface area contributed by atoms with Crippen molar-refractivity contribution in [2.24, 2.45) is 15.6 Å². The van der Waals surface area contributed by atoms with Gasteiger partial charge >= 0.3 is 0 Å². The van der Waals surface area contributed by atoms with Gasteiger partial charge in [-0.25, -0.2) is 0 Å². The molecule has 0 aliphatic heterocycles. The second-order valence-corrected chi connectivity index (χ2v) is 9.23. The van der Waals surface area contributed by atoms with Crippen molar-refractivity contribution < 1.29 is 42.6 Å². The van der Waals surface area contributed by atoms with E-state index >= 15 is 0 Å². The van der Waals surface area contributed by atoms with Crippen LogP contribution in [-0.4, -0.2) is 119 Å². The highest BCUT2D eigenvalue weighted by molar-refractivity contribution is 5.26. The van der Waals surface area contributed by atoms with Crippen LogP contribution in [0, 0.1) is 5.41 Å². The highest BCUT2D eigenvalue weighted by Gasteiger charge is 2.26. The molecule has 0 saturated carbocycles. The number of methoxy groups -OCH3 is 1. The zero-order chi connectivity index (χ0) is 30.4. The van der Waals surface area contributed by atoms with Gasteiger partial charge in [0.2, 0.25) is 0 Å². The number of benzene rings is 1. The number of rotatable bonds is 30. The summed E-state index contributed by atoms with van der Waals surface area (Å²) in [5.41, 5.74) is 17.1. The summed E-state index contributed by atoms with van der Waals surface area (Å²) < 4.78 is 50.2. The van der Waals surface area contributed by atoms with Crippen LogP contribution in [-0.2, 0) is 44.5 Å². The van der Waals surface area contributed by atoms with Gasteiger partial charge in [-0.2, -0.15) is 0 Å². The summed E-state index contributed by atoms with van der Waals surface area (Å²) in [5.74, 6) is 0.810. The molecule has 0 aliphatic carbocycles. The third kappa shape index (κ3) is 22.0. The van der Waals surface area contributed by atoms with Gasteiger partial charge < -0.3 is 42.6 Å². The Morgan fingerprint density at radius 2 is 0.952 bits per heavy atom. The van der Waals surface area contributed by atoms with Gasteiger partial charge in [0.1, 0.15) is 5.75 Å². The maximum absolute atomic E-state index is 8.23. The van der Waals surface area contributed by atoms with Crippen LogP contribution in [0.25, 0.3) is 20.9 Å². The standard InChI is InChI=1S/C27H46N6O9/c1-27(22-40-18-15-37-13-11-35-9-7-30-32-28,23-41-19-16-38-14-12-36-10-8-31-33-29)24-42-20-17-39-21-25-3-5-26(34-2)6-4-25/h3-6H,7-24H2,1-2H3. The monoisotopic (exact) mass is 598 g/mol. The van der Waals surface area contributed by atoms with Crippen LogP contribution < -0.4 is 4.74 Å². The van der Waals surface area contributed by atoms with Crippen LogP contribution in [0.15, 0.2) is 34.5 Å². The Balaban J connectivity index is 2.27. The first kappa shape index (κ1) is 37.3. The molecule has 1 aromatic rings. The Labute approximate surface area is 247 Å². The molecular formula is C27H46N6O9. The summed E-state index contributed by atoms with van der Waals surface area (Å²) in [7, 11) is 1.64. The van der Waals surface area contributed by atoms with E-state index in [2.05, 4.69) is 20.1 Å². The van der Waals surface area contributed by atoms with Crippen molar-refractivity contribution in [3.8, 4) is 5.75 Å². The maximum Gasteiger partial charge on any atom is 0.118 e. The lowest BCUT2D eigenvalue weighted by molar-refractivity contribution is -0.0821. The molecule has 42 heavy (non-hydrogen) atoms. The molecule has 1 aromatic carbocycles. The summed E-state index contributed by atoms with van der Waals surface area (Å²) in [5, 5.41) is 6.80. The second kappa shape index (κ2) is 27.2.